The minimum atomic E-state index is 0.791. The van der Waals surface area contributed by atoms with E-state index in [0.717, 1.165) is 24.7 Å². The number of oxime groups is 1. The Morgan fingerprint density at radius 1 is 1.55 bits per heavy atom. The van der Waals surface area contributed by atoms with E-state index in [4.69, 9.17) is 4.84 Å². The normalized spacial score (nSPS) is 28.4. The monoisotopic (exact) mass is 155 g/mol. The molecule has 0 saturated heterocycles. The highest BCUT2D eigenvalue weighted by Gasteiger charge is 2.23. The zero-order valence-electron chi connectivity index (χ0n) is 7.63. The van der Waals surface area contributed by atoms with E-state index in [1.165, 1.54) is 12.1 Å². The van der Waals surface area contributed by atoms with Crippen LogP contribution in [0.25, 0.3) is 0 Å². The summed E-state index contributed by atoms with van der Waals surface area (Å²) in [6, 6.07) is 0. The van der Waals surface area contributed by atoms with E-state index in [2.05, 4.69) is 19.0 Å². The third-order valence-electron chi connectivity index (χ3n) is 2.46. The molecule has 1 saturated carbocycles. The molecule has 0 bridgehead atoms. The van der Waals surface area contributed by atoms with Gasteiger partial charge in [-0.1, -0.05) is 19.0 Å². The number of rotatable bonds is 2. The van der Waals surface area contributed by atoms with E-state index in [1.54, 1.807) is 7.11 Å². The fraction of sp³-hybridized carbons (Fsp3) is 0.889. The fourth-order valence-corrected chi connectivity index (χ4v) is 1.64. The molecule has 1 unspecified atom stereocenters. The van der Waals surface area contributed by atoms with Gasteiger partial charge < -0.3 is 4.84 Å². The summed E-state index contributed by atoms with van der Waals surface area (Å²) in [5, 5.41) is 3.97. The van der Waals surface area contributed by atoms with Crippen LogP contribution in [0.2, 0.25) is 0 Å². The molecule has 1 fully saturated rings. The van der Waals surface area contributed by atoms with Crippen LogP contribution in [0.4, 0.5) is 0 Å². The van der Waals surface area contributed by atoms with Crippen molar-refractivity contribution in [3.63, 3.8) is 0 Å². The first kappa shape index (κ1) is 8.57. The van der Waals surface area contributed by atoms with E-state index in [9.17, 15) is 0 Å². The van der Waals surface area contributed by atoms with E-state index < -0.39 is 0 Å². The van der Waals surface area contributed by atoms with E-state index in [1.807, 2.05) is 0 Å². The van der Waals surface area contributed by atoms with Crippen molar-refractivity contribution in [1.29, 1.82) is 0 Å². The maximum Gasteiger partial charge on any atom is 0.106 e. The molecule has 64 valence electrons. The summed E-state index contributed by atoms with van der Waals surface area (Å²) in [4.78, 5) is 4.74. The zero-order valence-corrected chi connectivity index (χ0v) is 7.63. The van der Waals surface area contributed by atoms with Gasteiger partial charge in [-0.15, -0.1) is 0 Å². The molecular weight excluding hydrogens is 138 g/mol. The molecule has 1 aliphatic rings. The van der Waals surface area contributed by atoms with Crippen molar-refractivity contribution in [3.05, 3.63) is 0 Å². The van der Waals surface area contributed by atoms with Crippen molar-refractivity contribution in [2.24, 2.45) is 17.0 Å². The molecule has 1 atom stereocenters. The van der Waals surface area contributed by atoms with Gasteiger partial charge in [-0.3, -0.25) is 0 Å². The standard InChI is InChI=1S/C9H17NO/c1-7(2)8-4-5-9(6-8)10-11-3/h7-8H,4-6H2,1-3H3/b10-9-. The minimum absolute atomic E-state index is 0.791. The summed E-state index contributed by atoms with van der Waals surface area (Å²) in [5.41, 5.74) is 1.24. The molecule has 0 spiro atoms. The summed E-state index contributed by atoms with van der Waals surface area (Å²) < 4.78 is 0. The number of nitrogens with zero attached hydrogens (tertiary/aromatic N) is 1. The first-order valence-corrected chi connectivity index (χ1v) is 4.33. The predicted molar refractivity (Wildman–Crippen MR) is 46.6 cm³/mol. The van der Waals surface area contributed by atoms with Gasteiger partial charge in [0.25, 0.3) is 0 Å². The highest BCUT2D eigenvalue weighted by atomic mass is 16.6. The lowest BCUT2D eigenvalue weighted by atomic mass is 9.95. The van der Waals surface area contributed by atoms with Crippen LogP contribution in [-0.2, 0) is 4.84 Å². The highest BCUT2D eigenvalue weighted by molar-refractivity contribution is 5.86. The molecule has 0 aromatic carbocycles. The third-order valence-corrected chi connectivity index (χ3v) is 2.46. The molecule has 0 N–H and O–H groups in total. The Kier molecular flexibility index (Phi) is 2.92. The fourth-order valence-electron chi connectivity index (χ4n) is 1.64. The van der Waals surface area contributed by atoms with E-state index in [0.29, 0.717) is 0 Å². The molecule has 11 heavy (non-hydrogen) atoms. The predicted octanol–water partition coefficient (Wildman–Crippen LogP) is 2.44. The first-order valence-electron chi connectivity index (χ1n) is 4.33. The quantitative estimate of drug-likeness (QED) is 0.561. The van der Waals surface area contributed by atoms with Gasteiger partial charge in [-0.25, -0.2) is 0 Å². The highest BCUT2D eigenvalue weighted by Crippen LogP contribution is 2.29. The average molecular weight is 155 g/mol. The summed E-state index contributed by atoms with van der Waals surface area (Å²) in [7, 11) is 1.62. The van der Waals surface area contributed by atoms with Crippen LogP contribution in [0.5, 0.6) is 0 Å². The number of hydrogen-bond acceptors (Lipinski definition) is 2. The molecule has 1 rings (SSSR count). The van der Waals surface area contributed by atoms with Gasteiger partial charge in [0.2, 0.25) is 0 Å². The van der Waals surface area contributed by atoms with Crippen LogP contribution in [0.3, 0.4) is 0 Å². The second-order valence-electron chi connectivity index (χ2n) is 3.59. The van der Waals surface area contributed by atoms with Gasteiger partial charge in [-0.2, -0.15) is 0 Å². The molecule has 0 aromatic heterocycles. The largest absolute Gasteiger partial charge is 0.399 e. The first-order chi connectivity index (χ1) is 5.24. The Balaban J connectivity index is 2.40. The van der Waals surface area contributed by atoms with Crippen molar-refractivity contribution in [2.45, 2.75) is 33.1 Å². The minimum Gasteiger partial charge on any atom is -0.399 e. The van der Waals surface area contributed by atoms with E-state index in [-0.39, 0.29) is 0 Å². The summed E-state index contributed by atoms with van der Waals surface area (Å²) in [6.07, 6.45) is 3.57. The van der Waals surface area contributed by atoms with Crippen LogP contribution < -0.4 is 0 Å². The molecule has 0 radical (unpaired) electrons. The smallest absolute Gasteiger partial charge is 0.106 e. The van der Waals surface area contributed by atoms with Gasteiger partial charge in [-0.05, 0) is 31.1 Å². The Hall–Kier alpha value is -0.530. The second-order valence-corrected chi connectivity index (χ2v) is 3.59. The third kappa shape index (κ3) is 2.21. The Morgan fingerprint density at radius 2 is 2.27 bits per heavy atom. The summed E-state index contributed by atoms with van der Waals surface area (Å²) in [6.45, 7) is 4.56. The van der Waals surface area contributed by atoms with Gasteiger partial charge in [0.05, 0.1) is 5.71 Å². The van der Waals surface area contributed by atoms with Crippen molar-refractivity contribution in [1.82, 2.24) is 0 Å². The summed E-state index contributed by atoms with van der Waals surface area (Å²) in [5.74, 6) is 1.63. The molecule has 2 nitrogen and oxygen atoms in total. The van der Waals surface area contributed by atoms with Crippen LogP contribution in [0, 0.1) is 11.8 Å². The maximum absolute atomic E-state index is 4.74. The lowest BCUT2D eigenvalue weighted by molar-refractivity contribution is 0.212. The van der Waals surface area contributed by atoms with E-state index >= 15 is 0 Å². The molecule has 2 heteroatoms. The molecule has 0 aromatic rings. The SMILES string of the molecule is CO/N=C1/CCC(C(C)C)C1. The Labute approximate surface area is 68.6 Å². The lowest BCUT2D eigenvalue weighted by Gasteiger charge is -2.11. The lowest BCUT2D eigenvalue weighted by Crippen LogP contribution is -2.03. The molecule has 0 aliphatic heterocycles. The zero-order chi connectivity index (χ0) is 8.27. The molecule has 1 aliphatic carbocycles. The van der Waals surface area contributed by atoms with Gasteiger partial charge >= 0.3 is 0 Å². The van der Waals surface area contributed by atoms with Gasteiger partial charge in [0, 0.05) is 0 Å². The molecule has 0 amide bonds. The molecular formula is C9H17NO. The van der Waals surface area contributed by atoms with Crippen LogP contribution in [0.1, 0.15) is 33.1 Å². The van der Waals surface area contributed by atoms with Crippen molar-refractivity contribution in [2.75, 3.05) is 7.11 Å². The average Bonchev–Trinajstić information content (AvgIpc) is 2.37. The van der Waals surface area contributed by atoms with Gasteiger partial charge in [0.1, 0.15) is 7.11 Å². The molecule has 0 heterocycles. The second kappa shape index (κ2) is 3.74. The van der Waals surface area contributed by atoms with Crippen molar-refractivity contribution >= 4 is 5.71 Å². The topological polar surface area (TPSA) is 21.6 Å². The maximum atomic E-state index is 4.74. The van der Waals surface area contributed by atoms with Crippen LogP contribution in [0.15, 0.2) is 5.16 Å². The van der Waals surface area contributed by atoms with Crippen molar-refractivity contribution in [3.8, 4) is 0 Å². The number of hydrogen-bond donors (Lipinski definition) is 0. The van der Waals surface area contributed by atoms with Gasteiger partial charge in [0.15, 0.2) is 0 Å². The summed E-state index contributed by atoms with van der Waals surface area (Å²) >= 11 is 0. The Bertz CT molecular complexity index is 152. The van der Waals surface area contributed by atoms with Crippen LogP contribution >= 0.6 is 0 Å². The van der Waals surface area contributed by atoms with Crippen molar-refractivity contribution < 1.29 is 4.84 Å². The Morgan fingerprint density at radius 3 is 2.73 bits per heavy atom. The van der Waals surface area contributed by atoms with Crippen LogP contribution in [-0.4, -0.2) is 12.8 Å².